The summed E-state index contributed by atoms with van der Waals surface area (Å²) in [5.41, 5.74) is 1.58. The van der Waals surface area contributed by atoms with Gasteiger partial charge >= 0.3 is 5.69 Å². The fourth-order valence-electron chi connectivity index (χ4n) is 3.67. The van der Waals surface area contributed by atoms with Crippen LogP contribution in [0.1, 0.15) is 12.5 Å². The Hall–Kier alpha value is -3.47. The molecule has 2 heterocycles. The fourth-order valence-corrected chi connectivity index (χ4v) is 5.11. The summed E-state index contributed by atoms with van der Waals surface area (Å²) < 4.78 is 16.9. The molecule has 4 rings (SSSR count). The molecule has 0 saturated carbocycles. The summed E-state index contributed by atoms with van der Waals surface area (Å²) in [6.45, 7) is 1.81. The summed E-state index contributed by atoms with van der Waals surface area (Å²) in [5, 5.41) is 21.9. The molecule has 156 valence electrons. The molecule has 0 aliphatic carbocycles. The quantitative estimate of drug-likeness (QED) is 0.518. The Morgan fingerprint density at radius 1 is 1.10 bits per heavy atom. The molecule has 1 spiro atoms. The zero-order valence-electron chi connectivity index (χ0n) is 16.5. The SMILES string of the molecule is COc1cc([N+](=O)[O-])cc2c1OC1(Sc3c(ccc(OC)c3[N+](=O)[O-])N1C)C(C)=C2. The van der Waals surface area contributed by atoms with E-state index in [-0.39, 0.29) is 22.9 Å². The topological polar surface area (TPSA) is 117 Å². The van der Waals surface area contributed by atoms with E-state index in [2.05, 4.69) is 0 Å². The highest BCUT2D eigenvalue weighted by Crippen LogP contribution is 2.60. The number of fused-ring (bicyclic) bond motifs is 2. The molecule has 1 unspecified atom stereocenters. The minimum atomic E-state index is -1.12. The maximum atomic E-state index is 11.8. The fraction of sp³-hybridized carbons (Fsp3) is 0.263. The van der Waals surface area contributed by atoms with E-state index < -0.39 is 14.9 Å². The van der Waals surface area contributed by atoms with Crippen LogP contribution in [-0.2, 0) is 0 Å². The van der Waals surface area contributed by atoms with Gasteiger partial charge in [0.25, 0.3) is 10.7 Å². The van der Waals surface area contributed by atoms with E-state index in [1.165, 1.54) is 38.1 Å². The van der Waals surface area contributed by atoms with Gasteiger partial charge in [0, 0.05) is 24.3 Å². The largest absolute Gasteiger partial charge is 0.493 e. The third-order valence-electron chi connectivity index (χ3n) is 5.13. The predicted molar refractivity (Wildman–Crippen MR) is 111 cm³/mol. The van der Waals surface area contributed by atoms with Crippen molar-refractivity contribution >= 4 is 34.9 Å². The molecule has 0 aromatic heterocycles. The van der Waals surface area contributed by atoms with Crippen molar-refractivity contribution in [1.29, 1.82) is 0 Å². The predicted octanol–water partition coefficient (Wildman–Crippen LogP) is 4.21. The van der Waals surface area contributed by atoms with Crippen LogP contribution in [-0.4, -0.2) is 36.2 Å². The Labute approximate surface area is 175 Å². The van der Waals surface area contributed by atoms with E-state index in [0.29, 0.717) is 21.9 Å². The molecule has 30 heavy (non-hydrogen) atoms. The molecule has 0 radical (unpaired) electrons. The van der Waals surface area contributed by atoms with Crippen molar-refractivity contribution in [1.82, 2.24) is 0 Å². The molecule has 2 aromatic carbocycles. The second-order valence-corrected chi connectivity index (χ2v) is 7.88. The van der Waals surface area contributed by atoms with Crippen LogP contribution in [0.15, 0.2) is 34.7 Å². The molecule has 10 nitrogen and oxygen atoms in total. The second kappa shape index (κ2) is 6.80. The highest BCUT2D eigenvalue weighted by Gasteiger charge is 2.52. The lowest BCUT2D eigenvalue weighted by Gasteiger charge is -2.40. The Bertz CT molecular complexity index is 1130. The summed E-state index contributed by atoms with van der Waals surface area (Å²) in [5.74, 6) is 0.692. The van der Waals surface area contributed by atoms with Gasteiger partial charge in [-0.3, -0.25) is 20.2 Å². The van der Waals surface area contributed by atoms with Gasteiger partial charge in [-0.25, -0.2) is 0 Å². The Balaban J connectivity index is 1.88. The van der Waals surface area contributed by atoms with Crippen LogP contribution >= 0.6 is 11.8 Å². The first-order valence-corrected chi connectivity index (χ1v) is 9.57. The minimum absolute atomic E-state index is 0.120. The third-order valence-corrected chi connectivity index (χ3v) is 6.69. The van der Waals surface area contributed by atoms with Crippen molar-refractivity contribution in [3.05, 3.63) is 55.6 Å². The van der Waals surface area contributed by atoms with Gasteiger partial charge in [0.2, 0.25) is 0 Å². The number of rotatable bonds is 4. The maximum absolute atomic E-state index is 11.8. The molecule has 2 aromatic rings. The van der Waals surface area contributed by atoms with E-state index >= 15 is 0 Å². The van der Waals surface area contributed by atoms with Crippen LogP contribution in [0.25, 0.3) is 6.08 Å². The molecule has 1 atom stereocenters. The van der Waals surface area contributed by atoms with Gasteiger partial charge in [-0.1, -0.05) is 0 Å². The average Bonchev–Trinajstić information content (AvgIpc) is 2.99. The number of thioether (sulfide) groups is 1. The van der Waals surface area contributed by atoms with Gasteiger partial charge in [0.05, 0.1) is 35.8 Å². The molecule has 2 aliphatic heterocycles. The number of hydrogen-bond acceptors (Lipinski definition) is 9. The molecule has 2 aliphatic rings. The summed E-state index contributed by atoms with van der Waals surface area (Å²) in [7, 11) is 4.55. The Morgan fingerprint density at radius 3 is 2.40 bits per heavy atom. The number of non-ortho nitro benzene ring substituents is 1. The van der Waals surface area contributed by atoms with E-state index in [1.54, 1.807) is 30.2 Å². The first kappa shape index (κ1) is 19.8. The molecule has 0 amide bonds. The van der Waals surface area contributed by atoms with Crippen LogP contribution in [0.4, 0.5) is 17.1 Å². The first-order chi connectivity index (χ1) is 14.2. The molecular weight excluding hydrogens is 414 g/mol. The lowest BCUT2D eigenvalue weighted by molar-refractivity contribution is -0.388. The number of nitro groups is 2. The van der Waals surface area contributed by atoms with Crippen molar-refractivity contribution < 1.29 is 24.1 Å². The first-order valence-electron chi connectivity index (χ1n) is 8.76. The van der Waals surface area contributed by atoms with Crippen molar-refractivity contribution in [2.75, 3.05) is 26.2 Å². The maximum Gasteiger partial charge on any atom is 0.326 e. The summed E-state index contributed by atoms with van der Waals surface area (Å²) in [4.78, 5) is 24.2. The molecule has 0 saturated heterocycles. The van der Waals surface area contributed by atoms with Gasteiger partial charge in [-0.2, -0.15) is 0 Å². The van der Waals surface area contributed by atoms with Gasteiger partial charge in [0.1, 0.15) is 4.90 Å². The van der Waals surface area contributed by atoms with Gasteiger partial charge in [-0.15, -0.1) is 0 Å². The number of hydrogen-bond donors (Lipinski definition) is 0. The zero-order chi connectivity index (χ0) is 21.8. The van der Waals surface area contributed by atoms with Gasteiger partial charge in [-0.05, 0) is 36.9 Å². The molecular formula is C19H17N3O7S. The van der Waals surface area contributed by atoms with Crippen LogP contribution in [0.3, 0.4) is 0 Å². The molecule has 0 bridgehead atoms. The van der Waals surface area contributed by atoms with E-state index in [0.717, 1.165) is 5.57 Å². The standard InChI is InChI=1S/C19H17N3O7S/c1-10-7-11-8-12(21(23)24)9-15(28-4)17(11)29-19(10)20(2)13-5-6-14(27-3)16(22(25)26)18(13)30-19/h5-9H,1-4H3. The Morgan fingerprint density at radius 2 is 1.80 bits per heavy atom. The highest BCUT2D eigenvalue weighted by molar-refractivity contribution is 8.01. The number of methoxy groups -OCH3 is 2. The molecule has 0 N–H and O–H groups in total. The highest BCUT2D eigenvalue weighted by atomic mass is 32.2. The van der Waals surface area contributed by atoms with Crippen molar-refractivity contribution in [3.8, 4) is 17.2 Å². The number of anilines is 1. The van der Waals surface area contributed by atoms with E-state index in [4.69, 9.17) is 14.2 Å². The average molecular weight is 431 g/mol. The third kappa shape index (κ3) is 2.65. The summed E-state index contributed by atoms with van der Waals surface area (Å²) in [6.07, 6.45) is 1.77. The van der Waals surface area contributed by atoms with E-state index in [1.807, 2.05) is 6.92 Å². The van der Waals surface area contributed by atoms with Gasteiger partial charge in [0.15, 0.2) is 17.2 Å². The van der Waals surface area contributed by atoms with Crippen molar-refractivity contribution in [2.45, 2.75) is 16.9 Å². The van der Waals surface area contributed by atoms with Gasteiger partial charge < -0.3 is 19.1 Å². The minimum Gasteiger partial charge on any atom is -0.493 e. The van der Waals surface area contributed by atoms with Crippen molar-refractivity contribution in [3.63, 3.8) is 0 Å². The zero-order valence-corrected chi connectivity index (χ0v) is 17.3. The lowest BCUT2D eigenvalue weighted by atomic mass is 10.0. The number of benzene rings is 2. The van der Waals surface area contributed by atoms with E-state index in [9.17, 15) is 20.2 Å². The number of nitrogens with zero attached hydrogens (tertiary/aromatic N) is 3. The normalized spacial score (nSPS) is 18.9. The number of likely N-dealkylation sites (N-methyl/N-ethyl adjacent to an activating group) is 1. The smallest absolute Gasteiger partial charge is 0.326 e. The Kier molecular flexibility index (Phi) is 4.49. The van der Waals surface area contributed by atoms with Crippen LogP contribution in [0, 0.1) is 20.2 Å². The number of nitro benzene ring substituents is 2. The number of ether oxygens (including phenoxy) is 3. The molecule has 0 fully saturated rings. The van der Waals surface area contributed by atoms with Crippen LogP contribution in [0.2, 0.25) is 0 Å². The van der Waals surface area contributed by atoms with Crippen molar-refractivity contribution in [2.24, 2.45) is 0 Å². The van der Waals surface area contributed by atoms with Crippen LogP contribution < -0.4 is 19.1 Å². The summed E-state index contributed by atoms with van der Waals surface area (Å²) >= 11 is 1.18. The molecule has 11 heteroatoms. The lowest BCUT2D eigenvalue weighted by Crippen LogP contribution is -2.48. The second-order valence-electron chi connectivity index (χ2n) is 6.72. The van der Waals surface area contributed by atoms with Crippen LogP contribution in [0.5, 0.6) is 17.2 Å². The summed E-state index contributed by atoms with van der Waals surface area (Å²) in [6, 6.07) is 5.99. The monoisotopic (exact) mass is 431 g/mol.